The highest BCUT2D eigenvalue weighted by molar-refractivity contribution is 7.89. The molecule has 2 rings (SSSR count). The zero-order valence-electron chi connectivity index (χ0n) is 14.2. The summed E-state index contributed by atoms with van der Waals surface area (Å²) in [6, 6.07) is 9.13. The van der Waals surface area contributed by atoms with Crippen molar-refractivity contribution in [1.82, 2.24) is 0 Å². The van der Waals surface area contributed by atoms with Crippen LogP contribution in [0.1, 0.15) is 11.1 Å². The van der Waals surface area contributed by atoms with E-state index in [4.69, 9.17) is 9.88 Å². The largest absolute Gasteiger partial charge is 0.455 e. The number of primary sulfonamides is 1. The Morgan fingerprint density at radius 3 is 2.29 bits per heavy atom. The Morgan fingerprint density at radius 1 is 1.07 bits per heavy atom. The molecule has 11 heteroatoms. The second kappa shape index (κ2) is 8.40. The second-order valence-electron chi connectivity index (χ2n) is 5.65. The molecule has 2 aromatic rings. The lowest BCUT2D eigenvalue weighted by Gasteiger charge is -2.09. The lowest BCUT2D eigenvalue weighted by Crippen LogP contribution is -2.22. The Hall–Kier alpha value is -2.92. The lowest BCUT2D eigenvalue weighted by atomic mass is 10.1. The summed E-state index contributed by atoms with van der Waals surface area (Å²) < 4.78 is 64.7. The number of nitrogens with two attached hydrogens (primary N) is 1. The molecule has 150 valence electrons. The summed E-state index contributed by atoms with van der Waals surface area (Å²) in [6.45, 7) is -0.654. The molecule has 0 spiro atoms. The van der Waals surface area contributed by atoms with E-state index in [0.717, 1.165) is 30.3 Å². The van der Waals surface area contributed by atoms with Gasteiger partial charge in [-0.1, -0.05) is 18.2 Å². The van der Waals surface area contributed by atoms with Crippen molar-refractivity contribution in [3.63, 3.8) is 0 Å². The van der Waals surface area contributed by atoms with Gasteiger partial charge < -0.3 is 10.1 Å². The minimum atomic E-state index is -4.47. The number of halogens is 3. The first-order valence-corrected chi connectivity index (χ1v) is 9.24. The van der Waals surface area contributed by atoms with Crippen LogP contribution in [0, 0.1) is 0 Å². The van der Waals surface area contributed by atoms with E-state index in [1.807, 2.05) is 0 Å². The Morgan fingerprint density at radius 2 is 1.71 bits per heavy atom. The van der Waals surface area contributed by atoms with E-state index in [-0.39, 0.29) is 17.0 Å². The maximum absolute atomic E-state index is 12.5. The monoisotopic (exact) mass is 416 g/mol. The van der Waals surface area contributed by atoms with Gasteiger partial charge >= 0.3 is 12.1 Å². The predicted octanol–water partition coefficient (Wildman–Crippen LogP) is 2.08. The molecule has 0 heterocycles. The number of sulfonamides is 1. The number of alkyl halides is 3. The molecule has 0 unspecified atom stereocenters. The van der Waals surface area contributed by atoms with Crippen LogP contribution in [0.4, 0.5) is 18.9 Å². The molecule has 3 N–H and O–H groups in total. The third-order valence-corrected chi connectivity index (χ3v) is 4.35. The summed E-state index contributed by atoms with van der Waals surface area (Å²) >= 11 is 0. The quantitative estimate of drug-likeness (QED) is 0.700. The number of nitrogens with one attached hydrogen (secondary N) is 1. The average Bonchev–Trinajstić information content (AvgIpc) is 2.59. The smallest absolute Gasteiger partial charge is 0.416 e. The van der Waals surface area contributed by atoms with Crippen molar-refractivity contribution in [3.8, 4) is 0 Å². The van der Waals surface area contributed by atoms with Gasteiger partial charge in [-0.05, 0) is 35.9 Å². The molecule has 28 heavy (non-hydrogen) atoms. The fourth-order valence-electron chi connectivity index (χ4n) is 2.12. The fraction of sp³-hybridized carbons (Fsp3) is 0.176. The molecule has 0 atom stereocenters. The summed E-state index contributed by atoms with van der Waals surface area (Å²) in [5.74, 6) is -1.54. The topological polar surface area (TPSA) is 116 Å². The highest BCUT2D eigenvalue weighted by Crippen LogP contribution is 2.29. The number of carbonyl (C=O) groups is 2. The molecule has 1 amide bonds. The number of carbonyl (C=O) groups excluding carboxylic acids is 2. The van der Waals surface area contributed by atoms with Gasteiger partial charge in [-0.15, -0.1) is 0 Å². The van der Waals surface area contributed by atoms with Crippen molar-refractivity contribution in [2.24, 2.45) is 5.14 Å². The first-order valence-electron chi connectivity index (χ1n) is 7.69. The van der Waals surface area contributed by atoms with Gasteiger partial charge in [0.2, 0.25) is 10.0 Å². The number of rotatable bonds is 6. The zero-order chi connectivity index (χ0) is 20.9. The molecule has 0 saturated carbocycles. The van der Waals surface area contributed by atoms with Crippen molar-refractivity contribution < 1.29 is 35.9 Å². The van der Waals surface area contributed by atoms with Crippen LogP contribution in [-0.2, 0) is 36.9 Å². The van der Waals surface area contributed by atoms with Crippen molar-refractivity contribution >= 4 is 27.6 Å². The van der Waals surface area contributed by atoms with Gasteiger partial charge in [0.1, 0.15) is 0 Å². The summed E-state index contributed by atoms with van der Waals surface area (Å²) in [5.41, 5.74) is -0.416. The molecular formula is C17H15F3N2O5S. The Kier molecular flexibility index (Phi) is 6.41. The van der Waals surface area contributed by atoms with Gasteiger partial charge in [0, 0.05) is 5.69 Å². The molecule has 0 aliphatic heterocycles. The van der Waals surface area contributed by atoms with E-state index in [9.17, 15) is 31.2 Å². The molecule has 0 aliphatic carbocycles. The maximum Gasteiger partial charge on any atom is 0.416 e. The second-order valence-corrected chi connectivity index (χ2v) is 7.21. The fourth-order valence-corrected chi connectivity index (χ4v) is 2.68. The third-order valence-electron chi connectivity index (χ3n) is 3.44. The maximum atomic E-state index is 12.5. The van der Waals surface area contributed by atoms with Crippen LogP contribution < -0.4 is 10.5 Å². The normalized spacial score (nSPS) is 11.7. The van der Waals surface area contributed by atoms with Gasteiger partial charge in [0.25, 0.3) is 5.91 Å². The van der Waals surface area contributed by atoms with Crippen molar-refractivity contribution in [2.75, 3.05) is 11.9 Å². The number of hydrogen-bond acceptors (Lipinski definition) is 5. The molecule has 0 aliphatic rings. The SMILES string of the molecule is NS(=O)(=O)c1cccc(NC(=O)COC(=O)Cc2ccc(C(F)(F)F)cc2)c1. The molecule has 0 fully saturated rings. The molecule has 0 saturated heterocycles. The summed E-state index contributed by atoms with van der Waals surface area (Å²) in [6.07, 6.45) is -4.79. The van der Waals surface area contributed by atoms with E-state index in [1.165, 1.54) is 18.2 Å². The molecule has 0 aromatic heterocycles. The summed E-state index contributed by atoms with van der Waals surface area (Å²) in [7, 11) is -3.94. The van der Waals surface area contributed by atoms with Gasteiger partial charge in [-0.3, -0.25) is 9.59 Å². The first kappa shape index (κ1) is 21.4. The van der Waals surface area contributed by atoms with Gasteiger partial charge in [0.05, 0.1) is 16.9 Å². The van der Waals surface area contributed by atoms with E-state index in [1.54, 1.807) is 0 Å². The van der Waals surface area contributed by atoms with E-state index in [2.05, 4.69) is 5.32 Å². The van der Waals surface area contributed by atoms with Crippen molar-refractivity contribution in [1.29, 1.82) is 0 Å². The molecule has 7 nitrogen and oxygen atoms in total. The van der Waals surface area contributed by atoms with Crippen LogP contribution in [0.3, 0.4) is 0 Å². The van der Waals surface area contributed by atoms with Gasteiger partial charge in [-0.25, -0.2) is 13.6 Å². The van der Waals surface area contributed by atoms with E-state index >= 15 is 0 Å². The van der Waals surface area contributed by atoms with Crippen LogP contribution in [0.25, 0.3) is 0 Å². The molecule has 0 bridgehead atoms. The Labute approximate surface area is 158 Å². The van der Waals surface area contributed by atoms with Crippen LogP contribution in [-0.4, -0.2) is 26.9 Å². The molecule has 0 radical (unpaired) electrons. The Balaban J connectivity index is 1.86. The van der Waals surface area contributed by atoms with Crippen molar-refractivity contribution in [3.05, 3.63) is 59.7 Å². The standard InChI is InChI=1S/C17H15F3N2O5S/c18-17(19,20)12-6-4-11(5-7-12)8-16(24)27-10-15(23)22-13-2-1-3-14(9-13)28(21,25)26/h1-7,9H,8,10H2,(H,22,23)(H2,21,25,26). The Bertz CT molecular complexity index is 973. The summed E-state index contributed by atoms with van der Waals surface area (Å²) in [5, 5.41) is 7.33. The lowest BCUT2D eigenvalue weighted by molar-refractivity contribution is -0.146. The van der Waals surface area contributed by atoms with E-state index < -0.39 is 40.2 Å². The summed E-state index contributed by atoms with van der Waals surface area (Å²) in [4.78, 5) is 23.3. The number of ether oxygens (including phenoxy) is 1. The first-order chi connectivity index (χ1) is 12.9. The van der Waals surface area contributed by atoms with Gasteiger partial charge in [-0.2, -0.15) is 13.2 Å². The number of amides is 1. The third kappa shape index (κ3) is 6.35. The molecular weight excluding hydrogens is 401 g/mol. The number of anilines is 1. The average molecular weight is 416 g/mol. The predicted molar refractivity (Wildman–Crippen MR) is 92.6 cm³/mol. The highest BCUT2D eigenvalue weighted by Gasteiger charge is 2.30. The minimum Gasteiger partial charge on any atom is -0.455 e. The van der Waals surface area contributed by atoms with Crippen LogP contribution in [0.15, 0.2) is 53.4 Å². The molecule has 2 aromatic carbocycles. The number of esters is 1. The van der Waals surface area contributed by atoms with Crippen LogP contribution >= 0.6 is 0 Å². The van der Waals surface area contributed by atoms with Crippen molar-refractivity contribution in [2.45, 2.75) is 17.5 Å². The van der Waals surface area contributed by atoms with Gasteiger partial charge in [0.15, 0.2) is 6.61 Å². The minimum absolute atomic E-state index is 0.135. The van der Waals surface area contributed by atoms with Crippen LogP contribution in [0.5, 0.6) is 0 Å². The van der Waals surface area contributed by atoms with Crippen LogP contribution in [0.2, 0.25) is 0 Å². The van der Waals surface area contributed by atoms with E-state index in [0.29, 0.717) is 5.56 Å². The highest BCUT2D eigenvalue weighted by atomic mass is 32.2. The number of benzene rings is 2. The number of hydrogen-bond donors (Lipinski definition) is 2. The zero-order valence-corrected chi connectivity index (χ0v) is 15.0.